The molecule has 7 nitrogen and oxygen atoms in total. The number of pyridine rings is 1. The Morgan fingerprint density at radius 3 is 2.76 bits per heavy atom. The van der Waals surface area contributed by atoms with Gasteiger partial charge in [0.15, 0.2) is 0 Å². The van der Waals surface area contributed by atoms with E-state index < -0.39 is 0 Å². The molecule has 33 heavy (non-hydrogen) atoms. The Balaban J connectivity index is 1.94. The number of hydrogen-bond acceptors (Lipinski definition) is 5. The van der Waals surface area contributed by atoms with Crippen molar-refractivity contribution in [2.75, 3.05) is 26.7 Å². The summed E-state index contributed by atoms with van der Waals surface area (Å²) in [6.07, 6.45) is 1.83. The third kappa shape index (κ3) is 6.11. The zero-order valence-corrected chi connectivity index (χ0v) is 19.6. The minimum absolute atomic E-state index is 0.0678. The molecule has 0 aliphatic carbocycles. The van der Waals surface area contributed by atoms with Crippen LogP contribution in [0.15, 0.2) is 42.6 Å². The number of aliphatic hydroxyl groups is 1. The first-order valence-corrected chi connectivity index (χ1v) is 11.1. The van der Waals surface area contributed by atoms with Crippen molar-refractivity contribution in [2.45, 2.75) is 39.3 Å². The molecular weight excluding hydrogens is 418 g/mol. The molecule has 0 saturated heterocycles. The summed E-state index contributed by atoms with van der Waals surface area (Å²) in [6.45, 7) is 5.88. The zero-order chi connectivity index (χ0) is 24.0. The van der Waals surface area contributed by atoms with E-state index in [1.807, 2.05) is 37.3 Å². The number of carbonyl (C=O) groups is 2. The molecule has 0 radical (unpaired) electrons. The van der Waals surface area contributed by atoms with Gasteiger partial charge in [0, 0.05) is 44.6 Å². The van der Waals surface area contributed by atoms with Crippen LogP contribution in [0.25, 0.3) is 0 Å². The highest BCUT2D eigenvalue weighted by molar-refractivity contribution is 5.97. The molecule has 0 bridgehead atoms. The summed E-state index contributed by atoms with van der Waals surface area (Å²) in [4.78, 5) is 32.8. The van der Waals surface area contributed by atoms with E-state index in [1.165, 1.54) is 6.92 Å². The first-order chi connectivity index (χ1) is 15.8. The number of aliphatic hydroxyl groups excluding tert-OH is 1. The Morgan fingerprint density at radius 2 is 2.09 bits per heavy atom. The molecule has 2 amide bonds. The van der Waals surface area contributed by atoms with Gasteiger partial charge in [-0.15, -0.1) is 0 Å². The number of aromatic nitrogens is 1. The highest BCUT2D eigenvalue weighted by atomic mass is 16.5. The second-order valence-electron chi connectivity index (χ2n) is 8.56. The molecule has 1 aromatic carbocycles. The predicted molar refractivity (Wildman–Crippen MR) is 126 cm³/mol. The van der Waals surface area contributed by atoms with E-state index in [4.69, 9.17) is 4.74 Å². The molecule has 1 aliphatic heterocycles. The summed E-state index contributed by atoms with van der Waals surface area (Å²) < 4.78 is 6.17. The fraction of sp³-hybridized carbons (Fsp3) is 0.423. The number of nitrogens with zero attached hydrogens (tertiary/aromatic N) is 3. The van der Waals surface area contributed by atoms with Gasteiger partial charge < -0.3 is 19.6 Å². The van der Waals surface area contributed by atoms with Gasteiger partial charge in [0.05, 0.1) is 19.2 Å². The summed E-state index contributed by atoms with van der Waals surface area (Å²) in [7, 11) is 1.72. The second kappa shape index (κ2) is 11.0. The molecule has 1 aliphatic rings. The van der Waals surface area contributed by atoms with E-state index >= 15 is 0 Å². The Bertz CT molecular complexity index is 1040. The lowest BCUT2D eigenvalue weighted by Crippen LogP contribution is -2.50. The maximum Gasteiger partial charge on any atom is 0.259 e. The summed E-state index contributed by atoms with van der Waals surface area (Å²) in [5.74, 6) is 6.03. The quantitative estimate of drug-likeness (QED) is 0.709. The van der Waals surface area contributed by atoms with Crippen LogP contribution in [0.4, 0.5) is 0 Å². The SMILES string of the molecule is CC(=O)N(C)C[C@H]1Oc2ncc(C#CCc3ccccc3)cc2C(=O)N([C@H](C)CO)C[C@@H]1C. The largest absolute Gasteiger partial charge is 0.472 e. The molecule has 7 heteroatoms. The van der Waals surface area contributed by atoms with Crippen LogP contribution < -0.4 is 4.74 Å². The molecule has 2 heterocycles. The molecule has 2 aromatic rings. The van der Waals surface area contributed by atoms with Crippen LogP contribution in [-0.2, 0) is 11.2 Å². The normalized spacial score (nSPS) is 18.7. The molecule has 1 N–H and O–H groups in total. The van der Waals surface area contributed by atoms with Crippen molar-refractivity contribution in [1.82, 2.24) is 14.8 Å². The third-order valence-corrected chi connectivity index (χ3v) is 5.88. The van der Waals surface area contributed by atoms with E-state index in [0.29, 0.717) is 30.6 Å². The molecule has 3 rings (SSSR count). The fourth-order valence-corrected chi connectivity index (χ4v) is 3.63. The van der Waals surface area contributed by atoms with Gasteiger partial charge in [-0.2, -0.15) is 0 Å². The van der Waals surface area contributed by atoms with Gasteiger partial charge in [0.2, 0.25) is 11.8 Å². The maximum absolute atomic E-state index is 13.4. The predicted octanol–water partition coefficient (Wildman–Crippen LogP) is 2.37. The van der Waals surface area contributed by atoms with Crippen molar-refractivity contribution < 1.29 is 19.4 Å². The Morgan fingerprint density at radius 1 is 1.36 bits per heavy atom. The van der Waals surface area contributed by atoms with Crippen molar-refractivity contribution in [3.05, 3.63) is 59.3 Å². The molecule has 0 fully saturated rings. The van der Waals surface area contributed by atoms with Gasteiger partial charge in [-0.05, 0) is 18.6 Å². The van der Waals surface area contributed by atoms with Crippen molar-refractivity contribution >= 4 is 11.8 Å². The van der Waals surface area contributed by atoms with E-state index in [0.717, 1.165) is 5.56 Å². The van der Waals surface area contributed by atoms with E-state index in [1.54, 1.807) is 36.0 Å². The first kappa shape index (κ1) is 24.3. The Labute approximate surface area is 195 Å². The summed E-state index contributed by atoms with van der Waals surface area (Å²) in [6, 6.07) is 11.3. The summed E-state index contributed by atoms with van der Waals surface area (Å²) in [5, 5.41) is 9.75. The van der Waals surface area contributed by atoms with Crippen molar-refractivity contribution in [3.8, 4) is 17.7 Å². The smallest absolute Gasteiger partial charge is 0.259 e. The van der Waals surface area contributed by atoms with E-state index in [2.05, 4.69) is 16.8 Å². The molecule has 0 saturated carbocycles. The van der Waals surface area contributed by atoms with Crippen LogP contribution in [-0.4, -0.2) is 70.6 Å². The number of rotatable bonds is 5. The van der Waals surface area contributed by atoms with Crippen molar-refractivity contribution in [2.24, 2.45) is 5.92 Å². The average molecular weight is 450 g/mol. The summed E-state index contributed by atoms with van der Waals surface area (Å²) in [5.41, 5.74) is 2.03. The van der Waals surface area contributed by atoms with E-state index in [-0.39, 0.29) is 42.4 Å². The lowest BCUT2D eigenvalue weighted by molar-refractivity contribution is -0.129. The van der Waals surface area contributed by atoms with Crippen LogP contribution >= 0.6 is 0 Å². The lowest BCUT2D eigenvalue weighted by Gasteiger charge is -2.37. The van der Waals surface area contributed by atoms with Gasteiger partial charge in [-0.25, -0.2) is 4.98 Å². The third-order valence-electron chi connectivity index (χ3n) is 5.88. The zero-order valence-electron chi connectivity index (χ0n) is 19.6. The Hall–Kier alpha value is -3.37. The van der Waals surface area contributed by atoms with Crippen molar-refractivity contribution in [1.29, 1.82) is 0 Å². The monoisotopic (exact) mass is 449 g/mol. The number of amides is 2. The molecular formula is C26H31N3O4. The van der Waals surface area contributed by atoms with Crippen LogP contribution in [0.3, 0.4) is 0 Å². The molecule has 3 atom stereocenters. The molecule has 0 spiro atoms. The van der Waals surface area contributed by atoms with Crippen LogP contribution in [0.1, 0.15) is 42.3 Å². The Kier molecular flexibility index (Phi) is 8.07. The molecule has 0 unspecified atom stereocenters. The lowest BCUT2D eigenvalue weighted by atomic mass is 10.00. The van der Waals surface area contributed by atoms with Crippen LogP contribution in [0.2, 0.25) is 0 Å². The van der Waals surface area contributed by atoms with Gasteiger partial charge in [-0.3, -0.25) is 9.59 Å². The van der Waals surface area contributed by atoms with Gasteiger partial charge in [-0.1, -0.05) is 49.1 Å². The highest BCUT2D eigenvalue weighted by Crippen LogP contribution is 2.27. The van der Waals surface area contributed by atoms with E-state index in [9.17, 15) is 14.7 Å². The second-order valence-corrected chi connectivity index (χ2v) is 8.56. The van der Waals surface area contributed by atoms with Crippen LogP contribution in [0.5, 0.6) is 5.88 Å². The topological polar surface area (TPSA) is 83.0 Å². The number of carbonyl (C=O) groups excluding carboxylic acids is 2. The maximum atomic E-state index is 13.4. The number of ether oxygens (including phenoxy) is 1. The number of likely N-dealkylation sites (N-methyl/N-ethyl adjacent to an activating group) is 1. The van der Waals surface area contributed by atoms with Crippen molar-refractivity contribution in [3.63, 3.8) is 0 Å². The highest BCUT2D eigenvalue weighted by Gasteiger charge is 2.34. The minimum atomic E-state index is -0.370. The molecule has 1 aromatic heterocycles. The molecule has 174 valence electrons. The number of fused-ring (bicyclic) bond motifs is 1. The number of benzene rings is 1. The minimum Gasteiger partial charge on any atom is -0.472 e. The standard InChI is InChI=1S/C26H31N3O4/c1-18-15-29(19(2)17-30)26(32)23-13-22(12-8-11-21-9-6-5-7-10-21)14-27-25(23)33-24(18)16-28(4)20(3)31/h5-7,9-10,13-14,18-19,24,30H,11,15-17H2,1-4H3/t18-,19+,24+/m0/s1. The fourth-order valence-electron chi connectivity index (χ4n) is 3.63. The number of hydrogen-bond donors (Lipinski definition) is 1. The van der Waals surface area contributed by atoms with Gasteiger partial charge in [0.25, 0.3) is 5.91 Å². The van der Waals surface area contributed by atoms with Crippen LogP contribution in [0, 0.1) is 17.8 Å². The average Bonchev–Trinajstić information content (AvgIpc) is 2.81. The summed E-state index contributed by atoms with van der Waals surface area (Å²) >= 11 is 0. The van der Waals surface area contributed by atoms with Gasteiger partial charge in [0.1, 0.15) is 11.7 Å². The van der Waals surface area contributed by atoms with Gasteiger partial charge >= 0.3 is 0 Å². The first-order valence-electron chi connectivity index (χ1n) is 11.1.